The third kappa shape index (κ3) is 5.55. The van der Waals surface area contributed by atoms with E-state index in [1.54, 1.807) is 29.2 Å². The van der Waals surface area contributed by atoms with Gasteiger partial charge in [-0.1, -0.05) is 29.8 Å². The number of carbonyl (C=O) groups is 1. The fourth-order valence-corrected chi connectivity index (χ4v) is 3.36. The number of aryl methyl sites for hydroxylation is 2. The minimum Gasteiger partial charge on any atom is -0.486 e. The van der Waals surface area contributed by atoms with Crippen molar-refractivity contribution in [3.8, 4) is 5.75 Å². The van der Waals surface area contributed by atoms with Crippen LogP contribution in [0.3, 0.4) is 0 Å². The Kier molecular flexibility index (Phi) is 6.09. The van der Waals surface area contributed by atoms with Gasteiger partial charge in [0.15, 0.2) is 5.76 Å². The van der Waals surface area contributed by atoms with E-state index in [0.29, 0.717) is 23.0 Å². The van der Waals surface area contributed by atoms with Gasteiger partial charge in [-0.2, -0.15) is 5.10 Å². The number of benzene rings is 2. The predicted octanol–water partition coefficient (Wildman–Crippen LogP) is 5.63. The van der Waals surface area contributed by atoms with E-state index in [0.717, 1.165) is 22.4 Å². The zero-order valence-corrected chi connectivity index (χ0v) is 18.0. The van der Waals surface area contributed by atoms with Crippen LogP contribution in [0.25, 0.3) is 0 Å². The highest BCUT2D eigenvalue weighted by molar-refractivity contribution is 6.30. The summed E-state index contributed by atoms with van der Waals surface area (Å²) in [5, 5.41) is 7.77. The van der Waals surface area contributed by atoms with Gasteiger partial charge in [0.25, 0.3) is 5.91 Å². The second-order valence-electron chi connectivity index (χ2n) is 7.39. The molecule has 0 radical (unpaired) electrons. The normalized spacial score (nSPS) is 10.8. The lowest BCUT2D eigenvalue weighted by Crippen LogP contribution is -2.10. The highest BCUT2D eigenvalue weighted by Crippen LogP contribution is 2.19. The molecule has 7 heteroatoms. The summed E-state index contributed by atoms with van der Waals surface area (Å²) in [6.45, 7) is 4.86. The number of anilines is 1. The van der Waals surface area contributed by atoms with Crippen molar-refractivity contribution in [1.82, 2.24) is 9.78 Å². The number of ether oxygens (including phenoxy) is 1. The highest BCUT2D eigenvalue weighted by atomic mass is 35.5. The smallest absolute Gasteiger partial charge is 0.291 e. The maximum atomic E-state index is 12.5. The quantitative estimate of drug-likeness (QED) is 0.408. The summed E-state index contributed by atoms with van der Waals surface area (Å²) in [6, 6.07) is 16.9. The summed E-state index contributed by atoms with van der Waals surface area (Å²) in [4.78, 5) is 12.5. The standard InChI is InChI=1S/C24H22ClN3O3/c1-16-9-17(2)11-22(10-16)30-15-21-7-8-23(31-21)24(29)27-20-12-26-28(14-20)13-18-3-5-19(25)6-4-18/h3-12,14H,13,15H2,1-2H3,(H,27,29). The third-order valence-corrected chi connectivity index (χ3v) is 4.86. The summed E-state index contributed by atoms with van der Waals surface area (Å²) in [6.07, 6.45) is 3.36. The molecule has 2 aromatic carbocycles. The first-order valence-corrected chi connectivity index (χ1v) is 10.2. The second kappa shape index (κ2) is 9.10. The topological polar surface area (TPSA) is 69.3 Å². The number of carbonyl (C=O) groups excluding carboxylic acids is 1. The number of hydrogen-bond acceptors (Lipinski definition) is 4. The number of nitrogens with one attached hydrogen (secondary N) is 1. The van der Waals surface area contributed by atoms with Crippen molar-refractivity contribution < 1.29 is 13.9 Å². The van der Waals surface area contributed by atoms with Crippen molar-refractivity contribution >= 4 is 23.2 Å². The molecule has 2 aromatic heterocycles. The van der Waals surface area contributed by atoms with Gasteiger partial charge in [0.2, 0.25) is 0 Å². The van der Waals surface area contributed by atoms with Crippen LogP contribution in [0.15, 0.2) is 71.4 Å². The molecule has 4 aromatic rings. The van der Waals surface area contributed by atoms with Gasteiger partial charge >= 0.3 is 0 Å². The zero-order chi connectivity index (χ0) is 21.8. The first kappa shape index (κ1) is 20.8. The molecular formula is C24H22ClN3O3. The van der Waals surface area contributed by atoms with E-state index < -0.39 is 0 Å². The number of nitrogens with zero attached hydrogens (tertiary/aromatic N) is 2. The largest absolute Gasteiger partial charge is 0.486 e. The summed E-state index contributed by atoms with van der Waals surface area (Å²) in [5.41, 5.74) is 3.91. The van der Waals surface area contributed by atoms with Crippen LogP contribution < -0.4 is 10.1 Å². The van der Waals surface area contributed by atoms with Crippen molar-refractivity contribution in [3.63, 3.8) is 0 Å². The Hall–Kier alpha value is -3.51. The molecule has 0 aliphatic heterocycles. The maximum Gasteiger partial charge on any atom is 0.291 e. The van der Waals surface area contributed by atoms with Gasteiger partial charge in [0, 0.05) is 11.2 Å². The molecule has 1 N–H and O–H groups in total. The van der Waals surface area contributed by atoms with Gasteiger partial charge < -0.3 is 14.5 Å². The fraction of sp³-hybridized carbons (Fsp3) is 0.167. The van der Waals surface area contributed by atoms with Crippen LogP contribution in [0.5, 0.6) is 5.75 Å². The molecule has 1 amide bonds. The number of halogens is 1. The molecule has 0 saturated carbocycles. The first-order valence-electron chi connectivity index (χ1n) is 9.83. The van der Waals surface area contributed by atoms with Crippen LogP contribution in [0.4, 0.5) is 5.69 Å². The zero-order valence-electron chi connectivity index (χ0n) is 17.3. The average molecular weight is 436 g/mol. The van der Waals surface area contributed by atoms with Gasteiger partial charge in [0.05, 0.1) is 18.4 Å². The Balaban J connectivity index is 1.33. The molecule has 158 valence electrons. The molecule has 0 saturated heterocycles. The minimum absolute atomic E-state index is 0.212. The van der Waals surface area contributed by atoms with Gasteiger partial charge in [-0.3, -0.25) is 9.48 Å². The van der Waals surface area contributed by atoms with Crippen molar-refractivity contribution in [2.24, 2.45) is 0 Å². The van der Waals surface area contributed by atoms with Crippen molar-refractivity contribution in [3.05, 3.63) is 100 Å². The monoisotopic (exact) mass is 435 g/mol. The number of amides is 1. The number of aromatic nitrogens is 2. The maximum absolute atomic E-state index is 12.5. The molecule has 0 aliphatic carbocycles. The summed E-state index contributed by atoms with van der Waals surface area (Å²) < 4.78 is 13.2. The molecular weight excluding hydrogens is 414 g/mol. The van der Waals surface area contributed by atoms with E-state index >= 15 is 0 Å². The van der Waals surface area contributed by atoms with Crippen LogP contribution in [0.2, 0.25) is 5.02 Å². The Morgan fingerprint density at radius 2 is 1.84 bits per heavy atom. The second-order valence-corrected chi connectivity index (χ2v) is 7.82. The number of hydrogen-bond donors (Lipinski definition) is 1. The van der Waals surface area contributed by atoms with Gasteiger partial charge in [-0.25, -0.2) is 0 Å². The van der Waals surface area contributed by atoms with E-state index in [1.807, 2.05) is 50.2 Å². The number of furan rings is 1. The lowest BCUT2D eigenvalue weighted by atomic mass is 10.1. The summed E-state index contributed by atoms with van der Waals surface area (Å²) >= 11 is 5.91. The summed E-state index contributed by atoms with van der Waals surface area (Å²) in [7, 11) is 0. The molecule has 31 heavy (non-hydrogen) atoms. The fourth-order valence-electron chi connectivity index (χ4n) is 3.23. The van der Waals surface area contributed by atoms with Gasteiger partial charge in [-0.15, -0.1) is 0 Å². The molecule has 0 fully saturated rings. The Morgan fingerprint density at radius 1 is 1.10 bits per heavy atom. The van der Waals surface area contributed by atoms with E-state index in [-0.39, 0.29) is 18.3 Å². The highest BCUT2D eigenvalue weighted by Gasteiger charge is 2.13. The van der Waals surface area contributed by atoms with Crippen LogP contribution in [-0.2, 0) is 13.2 Å². The molecule has 0 unspecified atom stereocenters. The van der Waals surface area contributed by atoms with E-state index in [4.69, 9.17) is 20.8 Å². The SMILES string of the molecule is Cc1cc(C)cc(OCc2ccc(C(=O)Nc3cnn(Cc4ccc(Cl)cc4)c3)o2)c1. The van der Waals surface area contributed by atoms with Crippen LogP contribution in [-0.4, -0.2) is 15.7 Å². The van der Waals surface area contributed by atoms with Crippen molar-refractivity contribution in [2.45, 2.75) is 27.0 Å². The number of rotatable bonds is 7. The molecule has 4 rings (SSSR count). The first-order chi connectivity index (χ1) is 14.9. The molecule has 0 bridgehead atoms. The predicted molar refractivity (Wildman–Crippen MR) is 120 cm³/mol. The Bertz CT molecular complexity index is 1170. The molecule has 6 nitrogen and oxygen atoms in total. The Labute approximate surface area is 185 Å². The molecule has 2 heterocycles. The van der Waals surface area contributed by atoms with Crippen molar-refractivity contribution in [2.75, 3.05) is 5.32 Å². The van der Waals surface area contributed by atoms with E-state index in [9.17, 15) is 4.79 Å². The molecule has 0 atom stereocenters. The lowest BCUT2D eigenvalue weighted by molar-refractivity contribution is 0.0992. The summed E-state index contributed by atoms with van der Waals surface area (Å²) in [5.74, 6) is 1.21. The Morgan fingerprint density at radius 3 is 2.58 bits per heavy atom. The lowest BCUT2D eigenvalue weighted by Gasteiger charge is -2.06. The minimum atomic E-state index is -0.344. The van der Waals surface area contributed by atoms with Crippen LogP contribution in [0, 0.1) is 13.8 Å². The van der Waals surface area contributed by atoms with Crippen molar-refractivity contribution in [1.29, 1.82) is 0 Å². The van der Waals surface area contributed by atoms with E-state index in [1.165, 1.54) is 0 Å². The van der Waals surface area contributed by atoms with E-state index in [2.05, 4.69) is 16.5 Å². The van der Waals surface area contributed by atoms with Gasteiger partial charge in [0.1, 0.15) is 18.1 Å². The average Bonchev–Trinajstić information content (AvgIpc) is 3.37. The van der Waals surface area contributed by atoms with Crippen LogP contribution >= 0.6 is 11.6 Å². The van der Waals surface area contributed by atoms with Gasteiger partial charge in [-0.05, 0) is 66.9 Å². The third-order valence-electron chi connectivity index (χ3n) is 4.61. The molecule has 0 aliphatic rings. The van der Waals surface area contributed by atoms with Crippen LogP contribution in [0.1, 0.15) is 33.0 Å². The molecule has 0 spiro atoms.